The Balaban J connectivity index is 2.94. The van der Waals surface area contributed by atoms with E-state index in [9.17, 15) is 15.0 Å². The lowest BCUT2D eigenvalue weighted by atomic mass is 9.82. The minimum absolute atomic E-state index is 0.0140. The van der Waals surface area contributed by atoms with Gasteiger partial charge in [-0.05, 0) is 39.2 Å². The zero-order valence-electron chi connectivity index (χ0n) is 11.4. The van der Waals surface area contributed by atoms with Crippen LogP contribution in [0.3, 0.4) is 0 Å². The number of carbonyl (C=O) groups is 1. The maximum absolute atomic E-state index is 10.8. The number of halogens is 1. The van der Waals surface area contributed by atoms with Crippen molar-refractivity contribution >= 4 is 30.8 Å². The number of hydrogen-bond acceptors (Lipinski definition) is 4. The Bertz CT molecular complexity index is 480. The maximum atomic E-state index is 10.8. The van der Waals surface area contributed by atoms with Crippen molar-refractivity contribution in [2.45, 2.75) is 38.9 Å². The van der Waals surface area contributed by atoms with Crippen LogP contribution in [-0.4, -0.2) is 35.2 Å². The highest BCUT2D eigenvalue weighted by Crippen LogP contribution is 2.25. The molecule has 0 aliphatic carbocycles. The molecule has 6 heteroatoms. The fourth-order valence-electron chi connectivity index (χ4n) is 1.16. The second kappa shape index (κ2) is 5.53. The summed E-state index contributed by atoms with van der Waals surface area (Å²) >= 11 is 5.99. The van der Waals surface area contributed by atoms with Crippen molar-refractivity contribution < 1.29 is 19.7 Å². The Morgan fingerprint density at radius 3 is 2.37 bits per heavy atom. The summed E-state index contributed by atoms with van der Waals surface area (Å²) in [5.41, 5.74) is -1.42. The number of benzene rings is 1. The molecule has 2 N–H and O–H groups in total. The van der Waals surface area contributed by atoms with Crippen molar-refractivity contribution in [2.75, 3.05) is 0 Å². The predicted molar refractivity (Wildman–Crippen MR) is 75.4 cm³/mol. The number of rotatable bonds is 5. The predicted octanol–water partition coefficient (Wildman–Crippen LogP) is 1.67. The molecular weight excluding hydrogens is 266 g/mol. The molecule has 1 aromatic carbocycles. The van der Waals surface area contributed by atoms with E-state index >= 15 is 0 Å². The van der Waals surface area contributed by atoms with Crippen LogP contribution in [0.25, 0.3) is 0 Å². The van der Waals surface area contributed by atoms with E-state index in [4.69, 9.17) is 16.3 Å². The highest BCUT2D eigenvalue weighted by Gasteiger charge is 2.36. The van der Waals surface area contributed by atoms with Crippen LogP contribution < -0.4 is 5.46 Å². The quantitative estimate of drug-likeness (QED) is 0.637. The largest absolute Gasteiger partial charge is 0.507 e. The van der Waals surface area contributed by atoms with Gasteiger partial charge in [0.25, 0.3) is 0 Å². The summed E-state index contributed by atoms with van der Waals surface area (Å²) in [4.78, 5) is 10.8. The lowest BCUT2D eigenvalue weighted by Gasteiger charge is -2.37. The molecule has 0 aliphatic heterocycles. The molecule has 0 saturated heterocycles. The lowest BCUT2D eigenvalue weighted by Crippen LogP contribution is -2.49. The molecule has 0 aliphatic rings. The van der Waals surface area contributed by atoms with Gasteiger partial charge in [0.2, 0.25) is 0 Å². The van der Waals surface area contributed by atoms with E-state index in [-0.39, 0.29) is 16.3 Å². The summed E-state index contributed by atoms with van der Waals surface area (Å²) in [6.07, 6.45) is 0.482. The monoisotopic (exact) mass is 283 g/mol. The fourth-order valence-corrected chi connectivity index (χ4v) is 1.41. The van der Waals surface area contributed by atoms with Gasteiger partial charge in [-0.25, -0.2) is 0 Å². The second-order valence-electron chi connectivity index (χ2n) is 5.32. The number of phenolic OH excluding ortho intramolecular Hbond substituents is 1. The van der Waals surface area contributed by atoms with Crippen LogP contribution in [0.2, 0.25) is 5.02 Å². The third-order valence-electron chi connectivity index (χ3n) is 3.26. The summed E-state index contributed by atoms with van der Waals surface area (Å²) in [5.74, 6) is -0.182. The number of hydrogen-bond donors (Lipinski definition) is 2. The van der Waals surface area contributed by atoms with Gasteiger partial charge >= 0.3 is 7.48 Å². The van der Waals surface area contributed by atoms with Gasteiger partial charge in [-0.1, -0.05) is 17.7 Å². The summed E-state index contributed by atoms with van der Waals surface area (Å²) in [5, 5.41) is 19.5. The molecule has 103 valence electrons. The summed E-state index contributed by atoms with van der Waals surface area (Å²) in [6, 6.07) is 2.90. The van der Waals surface area contributed by atoms with E-state index in [1.165, 1.54) is 19.6 Å². The number of phenols is 1. The second-order valence-corrected chi connectivity index (χ2v) is 5.70. The van der Waals surface area contributed by atoms with E-state index in [1.54, 1.807) is 27.7 Å². The van der Waals surface area contributed by atoms with Crippen LogP contribution in [0, 0.1) is 0 Å². The van der Waals surface area contributed by atoms with Gasteiger partial charge < -0.3 is 14.9 Å². The molecule has 0 spiro atoms. The Kier molecular flexibility index (Phi) is 4.66. The number of aldehydes is 1. The molecule has 4 nitrogen and oxygen atoms in total. The molecule has 1 radical (unpaired) electrons. The smallest absolute Gasteiger partial charge is 0.332 e. The topological polar surface area (TPSA) is 66.8 Å². The summed E-state index contributed by atoms with van der Waals surface area (Å²) in [6.45, 7) is 6.74. The van der Waals surface area contributed by atoms with Gasteiger partial charge in [0.1, 0.15) is 5.75 Å². The van der Waals surface area contributed by atoms with Crippen molar-refractivity contribution in [3.8, 4) is 5.75 Å². The molecule has 1 rings (SSSR count). The SMILES string of the molecule is CC(C)(O)C(C)(C)O[B]c1ccc(O)c(C=O)c1Cl. The Hall–Kier alpha value is -1.04. The average molecular weight is 284 g/mol. The van der Waals surface area contributed by atoms with Crippen molar-refractivity contribution in [1.82, 2.24) is 0 Å². The summed E-state index contributed by atoms with van der Waals surface area (Å²) in [7, 11) is 1.37. The third kappa shape index (κ3) is 3.50. The van der Waals surface area contributed by atoms with Gasteiger partial charge in [0.15, 0.2) is 6.29 Å². The molecule has 0 amide bonds. The Labute approximate surface area is 118 Å². The van der Waals surface area contributed by atoms with Crippen LogP contribution in [0.1, 0.15) is 38.1 Å². The van der Waals surface area contributed by atoms with Crippen LogP contribution in [-0.2, 0) is 4.65 Å². The molecule has 1 aromatic rings. The van der Waals surface area contributed by atoms with E-state index in [1.807, 2.05) is 0 Å². The standard InChI is InChI=1S/C13H17BClO4/c1-12(2,18)13(3,4)19-14-9-5-6-10(17)8(7-16)11(9)15/h5-7,17-18H,1-4H3. The van der Waals surface area contributed by atoms with Crippen molar-refractivity contribution in [1.29, 1.82) is 0 Å². The molecule has 19 heavy (non-hydrogen) atoms. The van der Waals surface area contributed by atoms with Crippen molar-refractivity contribution in [2.24, 2.45) is 0 Å². The molecule has 0 heterocycles. The molecule has 0 saturated carbocycles. The van der Waals surface area contributed by atoms with Crippen molar-refractivity contribution in [3.63, 3.8) is 0 Å². The first kappa shape index (κ1) is 16.0. The van der Waals surface area contributed by atoms with Crippen LogP contribution in [0.4, 0.5) is 0 Å². The van der Waals surface area contributed by atoms with E-state index in [0.717, 1.165) is 0 Å². The number of carbonyl (C=O) groups excluding carboxylic acids is 1. The van der Waals surface area contributed by atoms with E-state index < -0.39 is 11.2 Å². The zero-order chi connectivity index (χ0) is 14.8. The van der Waals surface area contributed by atoms with Gasteiger partial charge in [0, 0.05) is 0 Å². The van der Waals surface area contributed by atoms with E-state index in [0.29, 0.717) is 11.7 Å². The van der Waals surface area contributed by atoms with E-state index in [2.05, 4.69) is 0 Å². The van der Waals surface area contributed by atoms with Crippen molar-refractivity contribution in [3.05, 3.63) is 22.7 Å². The minimum Gasteiger partial charge on any atom is -0.507 e. The highest BCUT2D eigenvalue weighted by atomic mass is 35.5. The molecule has 0 atom stereocenters. The fraction of sp³-hybridized carbons (Fsp3) is 0.462. The Morgan fingerprint density at radius 2 is 1.89 bits per heavy atom. The number of aromatic hydroxyl groups is 1. The van der Waals surface area contributed by atoms with Crippen LogP contribution in [0.15, 0.2) is 12.1 Å². The highest BCUT2D eigenvalue weighted by molar-refractivity contribution is 6.54. The van der Waals surface area contributed by atoms with Crippen LogP contribution in [0.5, 0.6) is 5.75 Å². The molecule has 0 bridgehead atoms. The average Bonchev–Trinajstić information content (AvgIpc) is 2.27. The molecular formula is C13H17BClO4. The van der Waals surface area contributed by atoms with Gasteiger partial charge in [-0.15, -0.1) is 0 Å². The molecule has 0 fully saturated rings. The van der Waals surface area contributed by atoms with Gasteiger partial charge in [0.05, 0.1) is 21.8 Å². The van der Waals surface area contributed by atoms with Gasteiger partial charge in [-0.2, -0.15) is 0 Å². The first-order valence-corrected chi connectivity index (χ1v) is 6.18. The third-order valence-corrected chi connectivity index (χ3v) is 3.68. The minimum atomic E-state index is -1.06. The number of aliphatic hydroxyl groups is 1. The summed E-state index contributed by atoms with van der Waals surface area (Å²) < 4.78 is 5.54. The first-order chi connectivity index (χ1) is 8.60. The first-order valence-electron chi connectivity index (χ1n) is 5.80. The normalized spacial score (nSPS) is 12.3. The Morgan fingerprint density at radius 1 is 1.32 bits per heavy atom. The van der Waals surface area contributed by atoms with Gasteiger partial charge in [-0.3, -0.25) is 4.79 Å². The molecule has 0 unspecified atom stereocenters. The maximum Gasteiger partial charge on any atom is 0.332 e. The zero-order valence-corrected chi connectivity index (χ0v) is 12.2. The van der Waals surface area contributed by atoms with Crippen LogP contribution >= 0.6 is 11.6 Å². The molecule has 0 aromatic heterocycles. The lowest BCUT2D eigenvalue weighted by molar-refractivity contribution is -0.0893.